The Bertz CT molecular complexity index is 903. The number of anilines is 1. The molecule has 27 heavy (non-hydrogen) atoms. The van der Waals surface area contributed by atoms with E-state index in [9.17, 15) is 26.4 Å². The van der Waals surface area contributed by atoms with Crippen molar-refractivity contribution in [2.75, 3.05) is 23.7 Å². The number of rotatable bonds is 8. The summed E-state index contributed by atoms with van der Waals surface area (Å²) in [5.74, 6) is -3.23. The van der Waals surface area contributed by atoms with Gasteiger partial charge in [0.25, 0.3) is 0 Å². The molecule has 0 saturated heterocycles. The molecule has 0 aliphatic carbocycles. The van der Waals surface area contributed by atoms with Crippen molar-refractivity contribution < 1.29 is 26.4 Å². The smallest absolute Gasteiger partial charge is 0.240 e. The predicted octanol–water partition coefficient (Wildman–Crippen LogP) is 2.62. The van der Waals surface area contributed by atoms with Crippen LogP contribution in [0.1, 0.15) is 12.0 Å². The SMILES string of the molecule is CS(=O)(=O)N(CC(=O)NCCCc1ccc(F)cc1)c1ccc(F)c(F)c1. The van der Waals surface area contributed by atoms with Crippen molar-refractivity contribution in [1.29, 1.82) is 0 Å². The molecular weight excluding hydrogens is 381 g/mol. The molecule has 0 atom stereocenters. The Morgan fingerprint density at radius 3 is 2.30 bits per heavy atom. The molecule has 5 nitrogen and oxygen atoms in total. The number of hydrogen-bond donors (Lipinski definition) is 1. The van der Waals surface area contributed by atoms with Crippen molar-refractivity contribution in [3.63, 3.8) is 0 Å². The molecule has 0 unspecified atom stereocenters. The zero-order chi connectivity index (χ0) is 20.0. The lowest BCUT2D eigenvalue weighted by molar-refractivity contribution is -0.119. The van der Waals surface area contributed by atoms with E-state index in [-0.39, 0.29) is 18.0 Å². The molecule has 0 aliphatic rings. The minimum Gasteiger partial charge on any atom is -0.355 e. The van der Waals surface area contributed by atoms with Crippen LogP contribution in [-0.4, -0.2) is 33.7 Å². The van der Waals surface area contributed by atoms with Gasteiger partial charge in [-0.3, -0.25) is 9.10 Å². The molecule has 1 amide bonds. The van der Waals surface area contributed by atoms with E-state index in [1.807, 2.05) is 0 Å². The Labute approximate surface area is 155 Å². The largest absolute Gasteiger partial charge is 0.355 e. The summed E-state index contributed by atoms with van der Waals surface area (Å²) in [6.45, 7) is -0.272. The molecular formula is C18H19F3N2O3S. The Kier molecular flexibility index (Phi) is 6.84. The van der Waals surface area contributed by atoms with Gasteiger partial charge in [0, 0.05) is 12.6 Å². The number of hydrogen-bond acceptors (Lipinski definition) is 3. The lowest BCUT2D eigenvalue weighted by Gasteiger charge is -2.22. The Morgan fingerprint density at radius 2 is 1.70 bits per heavy atom. The van der Waals surface area contributed by atoms with Crippen LogP contribution in [-0.2, 0) is 21.2 Å². The molecule has 0 spiro atoms. The zero-order valence-corrected chi connectivity index (χ0v) is 15.4. The number of amides is 1. The van der Waals surface area contributed by atoms with Crippen LogP contribution in [0.3, 0.4) is 0 Å². The molecule has 0 fully saturated rings. The predicted molar refractivity (Wildman–Crippen MR) is 96.3 cm³/mol. The first-order valence-corrected chi connectivity index (χ1v) is 9.95. The van der Waals surface area contributed by atoms with E-state index in [4.69, 9.17) is 0 Å². The quantitative estimate of drug-likeness (QED) is 0.693. The van der Waals surface area contributed by atoms with Gasteiger partial charge in [0.2, 0.25) is 15.9 Å². The molecule has 0 aromatic heterocycles. The standard InChI is InChI=1S/C18H19F3N2O3S/c1-27(25,26)23(15-8-9-16(20)17(21)11-15)12-18(24)22-10-2-3-13-4-6-14(19)7-5-13/h4-9,11H,2-3,10,12H2,1H3,(H,22,24). The summed E-state index contributed by atoms with van der Waals surface area (Å²) in [5.41, 5.74) is 0.767. The monoisotopic (exact) mass is 400 g/mol. The first-order chi connectivity index (χ1) is 12.7. The van der Waals surface area contributed by atoms with Crippen LogP contribution in [0.25, 0.3) is 0 Å². The van der Waals surface area contributed by atoms with Crippen LogP contribution in [0.15, 0.2) is 42.5 Å². The van der Waals surface area contributed by atoms with Gasteiger partial charge in [-0.1, -0.05) is 12.1 Å². The number of nitrogens with zero attached hydrogens (tertiary/aromatic N) is 1. The number of sulfonamides is 1. The van der Waals surface area contributed by atoms with Gasteiger partial charge in [-0.25, -0.2) is 21.6 Å². The lowest BCUT2D eigenvalue weighted by Crippen LogP contribution is -2.40. The van der Waals surface area contributed by atoms with Crippen molar-refractivity contribution in [2.45, 2.75) is 12.8 Å². The van der Waals surface area contributed by atoms with Crippen LogP contribution in [0.5, 0.6) is 0 Å². The van der Waals surface area contributed by atoms with Gasteiger partial charge in [0.15, 0.2) is 11.6 Å². The number of carbonyl (C=O) groups is 1. The third-order valence-corrected chi connectivity index (χ3v) is 4.90. The minimum absolute atomic E-state index is 0.141. The van der Waals surface area contributed by atoms with Gasteiger partial charge in [0.1, 0.15) is 12.4 Å². The van der Waals surface area contributed by atoms with Crippen molar-refractivity contribution in [1.82, 2.24) is 5.32 Å². The van der Waals surface area contributed by atoms with E-state index in [2.05, 4.69) is 5.32 Å². The summed E-state index contributed by atoms with van der Waals surface area (Å²) in [4.78, 5) is 12.0. The molecule has 9 heteroatoms. The maximum Gasteiger partial charge on any atom is 0.240 e. The molecule has 0 bridgehead atoms. The van der Waals surface area contributed by atoms with Gasteiger partial charge in [-0.15, -0.1) is 0 Å². The average Bonchev–Trinajstić information content (AvgIpc) is 2.60. The topological polar surface area (TPSA) is 66.5 Å². The number of aryl methyl sites for hydroxylation is 1. The second-order valence-electron chi connectivity index (χ2n) is 5.95. The zero-order valence-electron chi connectivity index (χ0n) is 14.6. The molecule has 2 aromatic carbocycles. The normalized spacial score (nSPS) is 11.3. The van der Waals surface area contributed by atoms with Crippen molar-refractivity contribution >= 4 is 21.6 Å². The summed E-state index contributed by atoms with van der Waals surface area (Å²) in [6.07, 6.45) is 2.05. The van der Waals surface area contributed by atoms with E-state index >= 15 is 0 Å². The van der Waals surface area contributed by atoms with Crippen molar-refractivity contribution in [3.05, 3.63) is 65.5 Å². The second-order valence-corrected chi connectivity index (χ2v) is 7.85. The molecule has 0 aliphatic heterocycles. The summed E-state index contributed by atoms with van der Waals surface area (Å²) < 4.78 is 63.8. The van der Waals surface area contributed by atoms with Crippen molar-refractivity contribution in [3.8, 4) is 0 Å². The Hall–Kier alpha value is -2.55. The molecule has 0 saturated carbocycles. The van der Waals surface area contributed by atoms with Gasteiger partial charge in [0.05, 0.1) is 11.9 Å². The van der Waals surface area contributed by atoms with E-state index in [0.29, 0.717) is 17.1 Å². The molecule has 1 N–H and O–H groups in total. The van der Waals surface area contributed by atoms with Crippen molar-refractivity contribution in [2.24, 2.45) is 0 Å². The third-order valence-electron chi connectivity index (χ3n) is 3.76. The molecule has 2 aromatic rings. The summed E-state index contributed by atoms with van der Waals surface area (Å²) in [6, 6.07) is 8.58. The third kappa shape index (κ3) is 6.28. The molecule has 2 rings (SSSR count). The maximum absolute atomic E-state index is 13.4. The number of halogens is 3. The molecule has 0 radical (unpaired) electrons. The highest BCUT2D eigenvalue weighted by molar-refractivity contribution is 7.92. The van der Waals surface area contributed by atoms with E-state index in [1.165, 1.54) is 12.1 Å². The number of benzene rings is 2. The van der Waals surface area contributed by atoms with E-state index < -0.39 is 34.1 Å². The van der Waals surface area contributed by atoms with Crippen LogP contribution < -0.4 is 9.62 Å². The first kappa shape index (κ1) is 20.8. The van der Waals surface area contributed by atoms with Crippen LogP contribution in [0.2, 0.25) is 0 Å². The Morgan fingerprint density at radius 1 is 1.04 bits per heavy atom. The van der Waals surface area contributed by atoms with Crippen LogP contribution in [0.4, 0.5) is 18.9 Å². The maximum atomic E-state index is 13.4. The van der Waals surface area contributed by atoms with Gasteiger partial charge in [-0.05, 0) is 42.7 Å². The average molecular weight is 400 g/mol. The molecule has 0 heterocycles. The number of nitrogens with one attached hydrogen (secondary N) is 1. The van der Waals surface area contributed by atoms with Crippen LogP contribution >= 0.6 is 0 Å². The summed E-state index contributed by atoms with van der Waals surface area (Å²) >= 11 is 0. The first-order valence-electron chi connectivity index (χ1n) is 8.11. The fourth-order valence-electron chi connectivity index (χ4n) is 2.40. The van der Waals surface area contributed by atoms with Crippen LogP contribution in [0, 0.1) is 17.5 Å². The fourth-order valence-corrected chi connectivity index (χ4v) is 3.25. The summed E-state index contributed by atoms with van der Waals surface area (Å²) in [7, 11) is -3.87. The van der Waals surface area contributed by atoms with Gasteiger partial charge in [-0.2, -0.15) is 0 Å². The highest BCUT2D eigenvalue weighted by atomic mass is 32.2. The molecule has 146 valence electrons. The van der Waals surface area contributed by atoms with E-state index in [0.717, 1.165) is 30.0 Å². The second kappa shape index (κ2) is 8.90. The minimum atomic E-state index is -3.87. The summed E-state index contributed by atoms with van der Waals surface area (Å²) in [5, 5.41) is 2.58. The lowest BCUT2D eigenvalue weighted by atomic mass is 10.1. The Balaban J connectivity index is 1.92. The van der Waals surface area contributed by atoms with E-state index in [1.54, 1.807) is 12.1 Å². The highest BCUT2D eigenvalue weighted by Crippen LogP contribution is 2.20. The van der Waals surface area contributed by atoms with Gasteiger partial charge >= 0.3 is 0 Å². The number of carbonyl (C=O) groups excluding carboxylic acids is 1. The van der Waals surface area contributed by atoms with Gasteiger partial charge < -0.3 is 5.32 Å². The fraction of sp³-hybridized carbons (Fsp3) is 0.278. The highest BCUT2D eigenvalue weighted by Gasteiger charge is 2.21.